The minimum atomic E-state index is -5.67. The van der Waals surface area contributed by atoms with Gasteiger partial charge in [0.2, 0.25) is 0 Å². The second kappa shape index (κ2) is 10.2. The van der Waals surface area contributed by atoms with Crippen molar-refractivity contribution >= 4 is 31.7 Å². The fraction of sp³-hybridized carbons (Fsp3) is 0.200. The van der Waals surface area contributed by atoms with Gasteiger partial charge >= 0.3 is 15.6 Å². The van der Waals surface area contributed by atoms with Crippen LogP contribution in [0.4, 0.5) is 13.2 Å². The van der Waals surface area contributed by atoms with E-state index in [1.165, 1.54) is 35.6 Å². The zero-order valence-corrected chi connectivity index (χ0v) is 19.5. The van der Waals surface area contributed by atoms with E-state index in [1.54, 1.807) is 25.3 Å². The predicted octanol–water partition coefficient (Wildman–Crippen LogP) is 6.49. The van der Waals surface area contributed by atoms with Gasteiger partial charge in [0, 0.05) is 0 Å². The monoisotopic (exact) mass is 492 g/mol. The molecule has 34 heavy (non-hydrogen) atoms. The molecule has 0 aromatic heterocycles. The maximum Gasteiger partial charge on any atom is 0.534 e. The van der Waals surface area contributed by atoms with Crippen molar-refractivity contribution in [2.75, 3.05) is 14.2 Å². The first-order chi connectivity index (χ1) is 16.1. The van der Waals surface area contributed by atoms with E-state index in [-0.39, 0.29) is 0 Å². The molecule has 0 N–H and O–H groups in total. The molecule has 0 radical (unpaired) electrons. The Morgan fingerprint density at radius 3 is 1.59 bits per heavy atom. The van der Waals surface area contributed by atoms with E-state index in [1.807, 2.05) is 6.07 Å². The summed E-state index contributed by atoms with van der Waals surface area (Å²) < 4.78 is 72.7. The molecular formula is C25H23F3O5S. The van der Waals surface area contributed by atoms with E-state index in [4.69, 9.17) is 9.47 Å². The summed E-state index contributed by atoms with van der Waals surface area (Å²) in [4.78, 5) is 0. The number of ether oxygens (including phenoxy) is 2. The molecule has 0 bridgehead atoms. The van der Waals surface area contributed by atoms with Crippen molar-refractivity contribution in [3.8, 4) is 17.2 Å². The molecule has 0 atom stereocenters. The second-order valence-electron chi connectivity index (χ2n) is 7.26. The second-order valence-corrected chi connectivity index (χ2v) is 8.80. The third kappa shape index (κ3) is 5.91. The molecule has 0 unspecified atom stereocenters. The molecule has 0 amide bonds. The van der Waals surface area contributed by atoms with Crippen LogP contribution in [0.1, 0.15) is 12.5 Å². The Bertz CT molecular complexity index is 1360. The Kier molecular flexibility index (Phi) is 7.56. The first-order valence-electron chi connectivity index (χ1n) is 10.2. The lowest BCUT2D eigenvalue weighted by molar-refractivity contribution is -0.0500. The highest BCUT2D eigenvalue weighted by Crippen LogP contribution is 2.30. The fourth-order valence-corrected chi connectivity index (χ4v) is 3.63. The summed E-state index contributed by atoms with van der Waals surface area (Å²) in [6.07, 6.45) is 1.08. The Labute approximate surface area is 195 Å². The van der Waals surface area contributed by atoms with Crippen LogP contribution in [0.25, 0.3) is 21.5 Å². The number of benzene rings is 4. The van der Waals surface area contributed by atoms with Crippen molar-refractivity contribution < 1.29 is 35.2 Å². The van der Waals surface area contributed by atoms with Crippen molar-refractivity contribution in [3.05, 3.63) is 78.4 Å². The number of halogens is 3. The van der Waals surface area contributed by atoms with Crippen molar-refractivity contribution in [2.24, 2.45) is 0 Å². The quantitative estimate of drug-likeness (QED) is 0.235. The smallest absolute Gasteiger partial charge is 0.497 e. The Morgan fingerprint density at radius 1 is 0.676 bits per heavy atom. The normalized spacial score (nSPS) is 11.6. The third-order valence-electron chi connectivity index (χ3n) is 5.03. The van der Waals surface area contributed by atoms with Crippen LogP contribution in [-0.2, 0) is 16.5 Å². The molecule has 0 aliphatic rings. The Balaban J connectivity index is 0.000000202. The van der Waals surface area contributed by atoms with Gasteiger partial charge in [-0.1, -0.05) is 43.3 Å². The molecule has 4 aromatic rings. The molecular weight excluding hydrogens is 469 g/mol. The number of alkyl halides is 3. The van der Waals surface area contributed by atoms with Gasteiger partial charge in [-0.2, -0.15) is 21.6 Å². The van der Waals surface area contributed by atoms with Crippen LogP contribution >= 0.6 is 0 Å². The number of fused-ring (bicyclic) bond motifs is 2. The minimum absolute atomic E-state index is 0.414. The molecule has 4 rings (SSSR count). The van der Waals surface area contributed by atoms with Crippen LogP contribution in [0.2, 0.25) is 0 Å². The lowest BCUT2D eigenvalue weighted by Crippen LogP contribution is -2.28. The Hall–Kier alpha value is -3.46. The zero-order chi connectivity index (χ0) is 24.9. The molecule has 5 nitrogen and oxygen atoms in total. The number of aryl methyl sites for hydroxylation is 1. The van der Waals surface area contributed by atoms with Crippen molar-refractivity contribution in [1.29, 1.82) is 0 Å². The van der Waals surface area contributed by atoms with E-state index >= 15 is 0 Å². The number of methoxy groups -OCH3 is 2. The summed E-state index contributed by atoms with van der Waals surface area (Å²) in [5.74, 6) is 1.00. The summed E-state index contributed by atoms with van der Waals surface area (Å²) in [6.45, 7) is 2.17. The molecule has 0 aliphatic carbocycles. The SMILES string of the molecule is CCc1ccc2ccc(OC)cc2c1.COc1ccc2ccc(OS(=O)(=O)C(F)(F)F)cc2c1. The van der Waals surface area contributed by atoms with Crippen LogP contribution in [-0.4, -0.2) is 28.1 Å². The van der Waals surface area contributed by atoms with E-state index < -0.39 is 21.4 Å². The van der Waals surface area contributed by atoms with Gasteiger partial charge in [0.15, 0.2) is 0 Å². The van der Waals surface area contributed by atoms with Gasteiger partial charge in [-0.05, 0) is 69.9 Å². The molecule has 0 heterocycles. The van der Waals surface area contributed by atoms with E-state index in [0.29, 0.717) is 16.5 Å². The van der Waals surface area contributed by atoms with Crippen molar-refractivity contribution in [1.82, 2.24) is 0 Å². The summed E-state index contributed by atoms with van der Waals surface area (Å²) >= 11 is 0. The van der Waals surface area contributed by atoms with Gasteiger partial charge in [-0.25, -0.2) is 0 Å². The minimum Gasteiger partial charge on any atom is -0.497 e. The third-order valence-corrected chi connectivity index (χ3v) is 6.01. The number of hydrogen-bond acceptors (Lipinski definition) is 5. The Morgan fingerprint density at radius 2 is 1.12 bits per heavy atom. The highest BCUT2D eigenvalue weighted by atomic mass is 32.2. The van der Waals surface area contributed by atoms with Gasteiger partial charge in [-0.15, -0.1) is 0 Å². The predicted molar refractivity (Wildman–Crippen MR) is 126 cm³/mol. The topological polar surface area (TPSA) is 61.8 Å². The first kappa shape index (κ1) is 25.2. The van der Waals surface area contributed by atoms with E-state index in [9.17, 15) is 21.6 Å². The average Bonchev–Trinajstić information content (AvgIpc) is 2.82. The molecule has 0 fully saturated rings. The van der Waals surface area contributed by atoms with Crippen LogP contribution in [0.5, 0.6) is 17.2 Å². The van der Waals surface area contributed by atoms with Crippen LogP contribution < -0.4 is 13.7 Å². The van der Waals surface area contributed by atoms with Crippen molar-refractivity contribution in [2.45, 2.75) is 18.9 Å². The lowest BCUT2D eigenvalue weighted by atomic mass is 10.1. The molecule has 4 aromatic carbocycles. The van der Waals surface area contributed by atoms with Crippen LogP contribution in [0.15, 0.2) is 72.8 Å². The molecule has 0 saturated heterocycles. The van der Waals surface area contributed by atoms with Gasteiger partial charge in [0.1, 0.15) is 17.2 Å². The largest absolute Gasteiger partial charge is 0.534 e. The fourth-order valence-electron chi connectivity index (χ4n) is 3.18. The lowest BCUT2D eigenvalue weighted by Gasteiger charge is -2.10. The van der Waals surface area contributed by atoms with Gasteiger partial charge in [-0.3, -0.25) is 0 Å². The first-order valence-corrected chi connectivity index (χ1v) is 11.6. The molecule has 0 aliphatic heterocycles. The summed E-state index contributed by atoms with van der Waals surface area (Å²) in [7, 11) is -2.53. The average molecular weight is 493 g/mol. The van der Waals surface area contributed by atoms with E-state index in [2.05, 4.69) is 41.4 Å². The number of hydrogen-bond donors (Lipinski definition) is 0. The summed E-state index contributed by atoms with van der Waals surface area (Å²) in [5.41, 5.74) is -4.10. The maximum absolute atomic E-state index is 12.2. The van der Waals surface area contributed by atoms with Crippen molar-refractivity contribution in [3.63, 3.8) is 0 Å². The standard InChI is InChI=1S/C13H14O.C12H9F3O4S/c1-3-10-4-5-11-6-7-13(14-2)9-12(11)8-10;1-18-10-4-2-8-3-5-11(7-9(8)6-10)19-20(16,17)12(13,14)15/h4-9H,3H2,1-2H3;2-7H,1H3. The maximum atomic E-state index is 12.2. The van der Waals surface area contributed by atoms with Gasteiger partial charge < -0.3 is 13.7 Å². The van der Waals surface area contributed by atoms with E-state index in [0.717, 1.165) is 18.2 Å². The molecule has 9 heteroatoms. The zero-order valence-electron chi connectivity index (χ0n) is 18.7. The van der Waals surface area contributed by atoms with Crippen LogP contribution in [0.3, 0.4) is 0 Å². The van der Waals surface area contributed by atoms with Gasteiger partial charge in [0.25, 0.3) is 0 Å². The van der Waals surface area contributed by atoms with Gasteiger partial charge in [0.05, 0.1) is 14.2 Å². The summed E-state index contributed by atoms with van der Waals surface area (Å²) in [6, 6.07) is 21.4. The molecule has 180 valence electrons. The summed E-state index contributed by atoms with van der Waals surface area (Å²) in [5, 5.41) is 3.73. The highest BCUT2D eigenvalue weighted by molar-refractivity contribution is 7.88. The molecule has 0 saturated carbocycles. The number of rotatable bonds is 5. The highest BCUT2D eigenvalue weighted by Gasteiger charge is 2.48. The van der Waals surface area contributed by atoms with Crippen LogP contribution in [0, 0.1) is 0 Å². The molecule has 0 spiro atoms.